The number of aliphatic hydroxyl groups is 1. The number of hydrogen-bond acceptors (Lipinski definition) is 3. The van der Waals surface area contributed by atoms with Gasteiger partial charge in [-0.15, -0.1) is 0 Å². The minimum atomic E-state index is -0.173. The first-order valence-corrected chi connectivity index (χ1v) is 6.79. The van der Waals surface area contributed by atoms with Crippen molar-refractivity contribution in [1.29, 1.82) is 0 Å². The first-order chi connectivity index (χ1) is 8.65. The maximum absolute atomic E-state index is 9.73. The second-order valence-corrected chi connectivity index (χ2v) is 5.35. The molecule has 1 atom stereocenters. The van der Waals surface area contributed by atoms with E-state index in [0.717, 1.165) is 12.3 Å². The molecule has 1 fully saturated rings. The van der Waals surface area contributed by atoms with Gasteiger partial charge < -0.3 is 15.2 Å². The van der Waals surface area contributed by atoms with E-state index in [0.29, 0.717) is 12.5 Å². The predicted molar refractivity (Wildman–Crippen MR) is 72.6 cm³/mol. The number of hydrogen-bond donors (Lipinski definition) is 2. The lowest BCUT2D eigenvalue weighted by Gasteiger charge is -2.12. The van der Waals surface area contributed by atoms with Crippen LogP contribution in [0.3, 0.4) is 0 Å². The normalized spacial score (nSPS) is 16.9. The van der Waals surface area contributed by atoms with E-state index >= 15 is 0 Å². The summed E-state index contributed by atoms with van der Waals surface area (Å²) in [6.07, 6.45) is 2.41. The van der Waals surface area contributed by atoms with Crippen LogP contribution in [0.2, 0.25) is 0 Å². The van der Waals surface area contributed by atoms with E-state index in [1.54, 1.807) is 0 Å². The van der Waals surface area contributed by atoms with Crippen molar-refractivity contribution in [3.8, 4) is 5.75 Å². The van der Waals surface area contributed by atoms with Crippen LogP contribution in [-0.2, 0) is 6.54 Å². The Balaban J connectivity index is 1.72. The third-order valence-electron chi connectivity index (χ3n) is 3.14. The summed E-state index contributed by atoms with van der Waals surface area (Å²) in [6.45, 7) is 5.53. The predicted octanol–water partition coefficient (Wildman–Crippen LogP) is 2.33. The lowest BCUT2D eigenvalue weighted by molar-refractivity contribution is 0.148. The summed E-state index contributed by atoms with van der Waals surface area (Å²) in [4.78, 5) is 0. The summed E-state index contributed by atoms with van der Waals surface area (Å²) < 4.78 is 5.59. The molecule has 100 valence electrons. The van der Waals surface area contributed by atoms with Gasteiger partial charge in [0.25, 0.3) is 0 Å². The Labute approximate surface area is 109 Å². The van der Waals surface area contributed by atoms with Crippen LogP contribution in [0, 0.1) is 5.92 Å². The average Bonchev–Trinajstić information content (AvgIpc) is 3.14. The Morgan fingerprint density at radius 2 is 1.94 bits per heavy atom. The third-order valence-corrected chi connectivity index (χ3v) is 3.14. The van der Waals surface area contributed by atoms with Gasteiger partial charge in [0.15, 0.2) is 0 Å². The SMILES string of the molecule is CC(C)Oc1ccc(CNCC(O)C2CC2)cc1. The second kappa shape index (κ2) is 6.21. The topological polar surface area (TPSA) is 41.5 Å². The van der Waals surface area contributed by atoms with Gasteiger partial charge in [-0.2, -0.15) is 0 Å². The number of rotatable bonds is 7. The van der Waals surface area contributed by atoms with Gasteiger partial charge in [-0.1, -0.05) is 12.1 Å². The van der Waals surface area contributed by atoms with Gasteiger partial charge in [-0.25, -0.2) is 0 Å². The van der Waals surface area contributed by atoms with Crippen LogP contribution in [0.5, 0.6) is 5.75 Å². The Bertz CT molecular complexity index is 357. The smallest absolute Gasteiger partial charge is 0.119 e. The van der Waals surface area contributed by atoms with E-state index in [4.69, 9.17) is 4.74 Å². The molecule has 1 aromatic rings. The highest BCUT2D eigenvalue weighted by molar-refractivity contribution is 5.27. The number of nitrogens with one attached hydrogen (secondary N) is 1. The molecule has 0 aliphatic heterocycles. The van der Waals surface area contributed by atoms with Gasteiger partial charge in [0.1, 0.15) is 5.75 Å². The number of ether oxygens (including phenoxy) is 1. The molecule has 3 nitrogen and oxygen atoms in total. The first kappa shape index (κ1) is 13.4. The molecule has 0 bridgehead atoms. The van der Waals surface area contributed by atoms with Gasteiger partial charge in [0, 0.05) is 13.1 Å². The fourth-order valence-electron chi connectivity index (χ4n) is 1.97. The Kier molecular flexibility index (Phi) is 4.61. The first-order valence-electron chi connectivity index (χ1n) is 6.79. The Morgan fingerprint density at radius 3 is 2.50 bits per heavy atom. The van der Waals surface area contributed by atoms with Crippen molar-refractivity contribution in [2.45, 2.75) is 45.4 Å². The van der Waals surface area contributed by atoms with Crippen molar-refractivity contribution >= 4 is 0 Å². The highest BCUT2D eigenvalue weighted by Crippen LogP contribution is 2.32. The lowest BCUT2D eigenvalue weighted by atomic mass is 10.2. The van der Waals surface area contributed by atoms with Crippen molar-refractivity contribution in [3.05, 3.63) is 29.8 Å². The molecular weight excluding hydrogens is 226 g/mol. The molecule has 0 amide bonds. The van der Waals surface area contributed by atoms with E-state index in [9.17, 15) is 5.11 Å². The Morgan fingerprint density at radius 1 is 1.28 bits per heavy atom. The zero-order chi connectivity index (χ0) is 13.0. The monoisotopic (exact) mass is 249 g/mol. The molecule has 1 aromatic carbocycles. The van der Waals surface area contributed by atoms with Crippen LogP contribution in [-0.4, -0.2) is 23.9 Å². The molecule has 3 heteroatoms. The molecule has 1 saturated carbocycles. The van der Waals surface area contributed by atoms with Crippen LogP contribution in [0.25, 0.3) is 0 Å². The van der Waals surface area contributed by atoms with Gasteiger partial charge in [0.05, 0.1) is 12.2 Å². The quantitative estimate of drug-likeness (QED) is 0.779. The molecule has 1 unspecified atom stereocenters. The summed E-state index contributed by atoms with van der Waals surface area (Å²) in [5.74, 6) is 1.45. The largest absolute Gasteiger partial charge is 0.491 e. The van der Waals surface area contributed by atoms with Gasteiger partial charge in [0.2, 0.25) is 0 Å². The summed E-state index contributed by atoms with van der Waals surface area (Å²) in [5, 5.41) is 13.0. The zero-order valence-corrected chi connectivity index (χ0v) is 11.2. The fraction of sp³-hybridized carbons (Fsp3) is 0.600. The summed E-state index contributed by atoms with van der Waals surface area (Å²) in [5.41, 5.74) is 1.22. The molecule has 2 N–H and O–H groups in total. The van der Waals surface area contributed by atoms with Crippen LogP contribution in [0.1, 0.15) is 32.3 Å². The van der Waals surface area contributed by atoms with E-state index in [-0.39, 0.29) is 12.2 Å². The molecule has 1 aliphatic rings. The Hall–Kier alpha value is -1.06. The van der Waals surface area contributed by atoms with Gasteiger partial charge in [-0.05, 0) is 50.3 Å². The average molecular weight is 249 g/mol. The molecule has 0 aromatic heterocycles. The molecule has 2 rings (SSSR count). The summed E-state index contributed by atoms with van der Waals surface area (Å²) in [7, 11) is 0. The van der Waals surface area contributed by atoms with E-state index in [2.05, 4.69) is 17.4 Å². The van der Waals surface area contributed by atoms with Crippen molar-refractivity contribution in [3.63, 3.8) is 0 Å². The van der Waals surface area contributed by atoms with Crippen LogP contribution >= 0.6 is 0 Å². The fourth-order valence-corrected chi connectivity index (χ4v) is 1.97. The minimum Gasteiger partial charge on any atom is -0.491 e. The van der Waals surface area contributed by atoms with Crippen molar-refractivity contribution < 1.29 is 9.84 Å². The standard InChI is InChI=1S/C15H23NO2/c1-11(2)18-14-7-3-12(4-8-14)9-16-10-15(17)13-5-6-13/h3-4,7-8,11,13,15-17H,5-6,9-10H2,1-2H3. The van der Waals surface area contributed by atoms with Crippen LogP contribution in [0.15, 0.2) is 24.3 Å². The minimum absolute atomic E-state index is 0.173. The summed E-state index contributed by atoms with van der Waals surface area (Å²) in [6, 6.07) is 8.12. The van der Waals surface area contributed by atoms with E-state index in [1.807, 2.05) is 26.0 Å². The van der Waals surface area contributed by atoms with Crippen molar-refractivity contribution in [1.82, 2.24) is 5.32 Å². The van der Waals surface area contributed by atoms with E-state index < -0.39 is 0 Å². The molecule has 0 heterocycles. The molecule has 0 radical (unpaired) electrons. The molecular formula is C15H23NO2. The third kappa shape index (κ3) is 4.31. The van der Waals surface area contributed by atoms with Crippen LogP contribution in [0.4, 0.5) is 0 Å². The lowest BCUT2D eigenvalue weighted by Crippen LogP contribution is -2.27. The van der Waals surface area contributed by atoms with Gasteiger partial charge in [-0.3, -0.25) is 0 Å². The molecule has 0 spiro atoms. The molecule has 1 aliphatic carbocycles. The second-order valence-electron chi connectivity index (χ2n) is 5.35. The molecule has 18 heavy (non-hydrogen) atoms. The zero-order valence-electron chi connectivity index (χ0n) is 11.2. The highest BCUT2D eigenvalue weighted by atomic mass is 16.5. The number of benzene rings is 1. The molecule has 0 saturated heterocycles. The van der Waals surface area contributed by atoms with Crippen molar-refractivity contribution in [2.24, 2.45) is 5.92 Å². The maximum atomic E-state index is 9.73. The maximum Gasteiger partial charge on any atom is 0.119 e. The van der Waals surface area contributed by atoms with Crippen LogP contribution < -0.4 is 10.1 Å². The number of aliphatic hydroxyl groups excluding tert-OH is 1. The van der Waals surface area contributed by atoms with Gasteiger partial charge >= 0.3 is 0 Å². The summed E-state index contributed by atoms with van der Waals surface area (Å²) >= 11 is 0. The van der Waals surface area contributed by atoms with E-state index in [1.165, 1.54) is 18.4 Å². The highest BCUT2D eigenvalue weighted by Gasteiger charge is 2.28. The van der Waals surface area contributed by atoms with Crippen molar-refractivity contribution in [2.75, 3.05) is 6.54 Å².